The van der Waals surface area contributed by atoms with Crippen LogP contribution < -0.4 is 14.9 Å². The Kier molecular flexibility index (Phi) is 6.99. The number of ether oxygens (including phenoxy) is 2. The molecule has 1 rings (SSSR count). The molecule has 0 spiro atoms. The van der Waals surface area contributed by atoms with Crippen LogP contribution in [-0.2, 0) is 0 Å². The molecule has 0 unspecified atom stereocenters. The highest BCUT2D eigenvalue weighted by Gasteiger charge is 2.01. The number of hydrogen-bond donors (Lipinski definition) is 0. The quantitative estimate of drug-likeness (QED) is 0.543. The van der Waals surface area contributed by atoms with Crippen LogP contribution in [0.15, 0.2) is 18.2 Å². The van der Waals surface area contributed by atoms with Gasteiger partial charge in [0.05, 0.1) is 14.2 Å². The Bertz CT molecular complexity index is 230. The number of methoxy groups -OCH3 is 2. The zero-order valence-corrected chi connectivity index (χ0v) is 7.63. The lowest BCUT2D eigenvalue weighted by Gasteiger charge is -2.08. The van der Waals surface area contributed by atoms with Gasteiger partial charge in [0.15, 0.2) is 0 Å². The van der Waals surface area contributed by atoms with Crippen molar-refractivity contribution in [3.63, 3.8) is 0 Å². The van der Waals surface area contributed by atoms with Gasteiger partial charge in [-0.3, -0.25) is 0 Å². The molecule has 0 aliphatic rings. The maximum atomic E-state index is 5.65. The summed E-state index contributed by atoms with van der Waals surface area (Å²) in [4.78, 5) is 0. The summed E-state index contributed by atoms with van der Waals surface area (Å²) in [5.41, 5.74) is 0.539. The molecule has 13 heavy (non-hydrogen) atoms. The Morgan fingerprint density at radius 3 is 1.69 bits per heavy atom. The fourth-order valence-corrected chi connectivity index (χ4v) is 0.880. The van der Waals surface area contributed by atoms with Crippen molar-refractivity contribution < 1.29 is 20.4 Å². The first-order chi connectivity index (χ1) is 5.29. The highest BCUT2D eigenvalue weighted by molar-refractivity contribution is 6.36. The van der Waals surface area contributed by atoms with Gasteiger partial charge in [0.25, 0.3) is 0 Å². The number of rotatable bonds is 2. The van der Waals surface area contributed by atoms with Gasteiger partial charge in [-0.15, -0.1) is 0 Å². The summed E-state index contributed by atoms with van der Waals surface area (Å²) in [6, 6.07) is 5.41. The molecular weight excluding hydrogens is 171 g/mol. The average Bonchev–Trinajstić information content (AvgIpc) is 2.05. The van der Waals surface area contributed by atoms with E-state index in [2.05, 4.69) is 0 Å². The van der Waals surface area contributed by atoms with E-state index in [1.54, 1.807) is 26.4 Å². The van der Waals surface area contributed by atoms with Crippen molar-refractivity contribution in [2.24, 2.45) is 0 Å². The van der Waals surface area contributed by atoms with Gasteiger partial charge in [-0.1, -0.05) is 6.07 Å². The molecule has 0 atom stereocenters. The molecule has 4 N–H and O–H groups in total. The van der Waals surface area contributed by atoms with Crippen LogP contribution in [-0.4, -0.2) is 33.0 Å². The van der Waals surface area contributed by atoms with Crippen LogP contribution in [0.25, 0.3) is 0 Å². The molecule has 0 fully saturated rings. The summed E-state index contributed by atoms with van der Waals surface area (Å²) < 4.78 is 9.96. The van der Waals surface area contributed by atoms with Crippen LogP contribution in [0.1, 0.15) is 0 Å². The van der Waals surface area contributed by atoms with E-state index < -0.39 is 0 Å². The van der Waals surface area contributed by atoms with E-state index in [4.69, 9.17) is 17.3 Å². The van der Waals surface area contributed by atoms with E-state index in [1.165, 1.54) is 0 Å². The fourth-order valence-electron chi connectivity index (χ4n) is 0.880. The smallest absolute Gasteiger partial charge is 0.124 e. The highest BCUT2D eigenvalue weighted by Crippen LogP contribution is 2.13. The second-order valence-corrected chi connectivity index (χ2v) is 2.08. The van der Waals surface area contributed by atoms with E-state index in [1.807, 2.05) is 6.07 Å². The predicted octanol–water partition coefficient (Wildman–Crippen LogP) is -1.15. The largest absolute Gasteiger partial charge is 0.497 e. The zero-order valence-electron chi connectivity index (χ0n) is 7.63. The molecular formula is C8H13BO4. The third kappa shape index (κ3) is 2.97. The molecule has 0 saturated heterocycles. The third-order valence-corrected chi connectivity index (χ3v) is 1.47. The van der Waals surface area contributed by atoms with Gasteiger partial charge in [0.1, 0.15) is 19.3 Å². The lowest BCUT2D eigenvalue weighted by atomic mass is 9.94. The van der Waals surface area contributed by atoms with E-state index in [0.29, 0.717) is 17.0 Å². The molecule has 0 aromatic heterocycles. The minimum absolute atomic E-state index is 0. The van der Waals surface area contributed by atoms with Crippen molar-refractivity contribution in [1.82, 2.24) is 0 Å². The van der Waals surface area contributed by atoms with E-state index in [-0.39, 0.29) is 11.0 Å². The standard InChI is InChI=1S/C8H9BO2.2H2O/c1-10-6-4-3-5-7(11-2)8(6)9;;/h3-5H,1-2H3;2*1H2. The first-order valence-electron chi connectivity index (χ1n) is 3.26. The van der Waals surface area contributed by atoms with Gasteiger partial charge < -0.3 is 20.4 Å². The summed E-state index contributed by atoms with van der Waals surface area (Å²) in [5.74, 6) is 1.29. The Balaban J connectivity index is 0. The molecule has 0 saturated carbocycles. The van der Waals surface area contributed by atoms with E-state index in [0.717, 1.165) is 0 Å². The molecule has 0 heterocycles. The maximum absolute atomic E-state index is 5.65. The zero-order chi connectivity index (χ0) is 8.27. The Morgan fingerprint density at radius 1 is 1.00 bits per heavy atom. The van der Waals surface area contributed by atoms with Crippen LogP contribution in [0.3, 0.4) is 0 Å². The monoisotopic (exact) mass is 184 g/mol. The summed E-state index contributed by atoms with van der Waals surface area (Å²) in [6.45, 7) is 0. The van der Waals surface area contributed by atoms with E-state index in [9.17, 15) is 0 Å². The lowest BCUT2D eigenvalue weighted by molar-refractivity contribution is 0.400. The Labute approximate surface area is 78.5 Å². The topological polar surface area (TPSA) is 81.5 Å². The molecule has 2 radical (unpaired) electrons. The molecule has 4 nitrogen and oxygen atoms in total. The average molecular weight is 184 g/mol. The third-order valence-electron chi connectivity index (χ3n) is 1.47. The van der Waals surface area contributed by atoms with Crippen molar-refractivity contribution in [3.05, 3.63) is 18.2 Å². The van der Waals surface area contributed by atoms with Gasteiger partial charge in [-0.25, -0.2) is 0 Å². The van der Waals surface area contributed by atoms with Crippen LogP contribution in [0.2, 0.25) is 0 Å². The summed E-state index contributed by atoms with van der Waals surface area (Å²) >= 11 is 0. The van der Waals surface area contributed by atoms with Gasteiger partial charge in [0.2, 0.25) is 0 Å². The molecule has 0 aliphatic heterocycles. The SMILES string of the molecule is O.O.[B]c1c(OC)cccc1OC. The molecule has 5 heteroatoms. The predicted molar refractivity (Wildman–Crippen MR) is 52.2 cm³/mol. The molecule has 1 aromatic carbocycles. The number of hydrogen-bond acceptors (Lipinski definition) is 2. The van der Waals surface area contributed by atoms with Gasteiger partial charge in [0, 0.05) is 0 Å². The first-order valence-corrected chi connectivity index (χ1v) is 3.26. The van der Waals surface area contributed by atoms with Crippen molar-refractivity contribution in [1.29, 1.82) is 0 Å². The first kappa shape index (κ1) is 14.3. The second-order valence-electron chi connectivity index (χ2n) is 2.08. The van der Waals surface area contributed by atoms with Crippen LogP contribution in [0.5, 0.6) is 11.5 Å². The van der Waals surface area contributed by atoms with Crippen LogP contribution >= 0.6 is 0 Å². The Hall–Kier alpha value is -1.20. The maximum Gasteiger partial charge on any atom is 0.124 e. The van der Waals surface area contributed by atoms with Crippen molar-refractivity contribution >= 4 is 13.3 Å². The van der Waals surface area contributed by atoms with Crippen LogP contribution in [0.4, 0.5) is 0 Å². The molecule has 0 aliphatic carbocycles. The van der Waals surface area contributed by atoms with Crippen molar-refractivity contribution in [2.45, 2.75) is 0 Å². The second kappa shape index (κ2) is 6.34. The van der Waals surface area contributed by atoms with Gasteiger partial charge in [-0.2, -0.15) is 0 Å². The van der Waals surface area contributed by atoms with Crippen LogP contribution in [0, 0.1) is 0 Å². The Morgan fingerprint density at radius 2 is 1.38 bits per heavy atom. The molecule has 0 amide bonds. The van der Waals surface area contributed by atoms with Crippen molar-refractivity contribution in [3.8, 4) is 11.5 Å². The summed E-state index contributed by atoms with van der Waals surface area (Å²) in [7, 11) is 8.80. The van der Waals surface area contributed by atoms with Gasteiger partial charge in [-0.05, 0) is 17.6 Å². The molecule has 1 aromatic rings. The van der Waals surface area contributed by atoms with Crippen molar-refractivity contribution in [2.75, 3.05) is 14.2 Å². The summed E-state index contributed by atoms with van der Waals surface area (Å²) in [5, 5.41) is 0. The minimum atomic E-state index is 0. The van der Waals surface area contributed by atoms with Gasteiger partial charge >= 0.3 is 0 Å². The molecule has 72 valence electrons. The highest BCUT2D eigenvalue weighted by atomic mass is 16.5. The normalized spacial score (nSPS) is 7.85. The lowest BCUT2D eigenvalue weighted by Crippen LogP contribution is -2.10. The number of benzene rings is 1. The summed E-state index contributed by atoms with van der Waals surface area (Å²) in [6.07, 6.45) is 0. The van der Waals surface area contributed by atoms with E-state index >= 15 is 0 Å². The minimum Gasteiger partial charge on any atom is -0.497 e. The fraction of sp³-hybridized carbons (Fsp3) is 0.250. The molecule has 0 bridgehead atoms.